The van der Waals surface area contributed by atoms with E-state index in [0.29, 0.717) is 34.6 Å². The van der Waals surface area contributed by atoms with Crippen LogP contribution in [-0.2, 0) is 28.3 Å². The molecular weight excluding hydrogens is 374 g/mol. The Bertz CT molecular complexity index is 1430. The summed E-state index contributed by atoms with van der Waals surface area (Å²) in [6.45, 7) is 1.92. The predicted molar refractivity (Wildman–Crippen MR) is 102 cm³/mol. The van der Waals surface area contributed by atoms with Crippen molar-refractivity contribution in [2.24, 2.45) is 0 Å². The van der Waals surface area contributed by atoms with Crippen LogP contribution in [0.2, 0.25) is 0 Å². The Labute approximate surface area is 163 Å². The zero-order valence-corrected chi connectivity index (χ0v) is 15.4. The normalized spacial score (nSPS) is 19.9. The zero-order valence-electron chi connectivity index (χ0n) is 15.4. The number of carbonyl (C=O) groups is 1. The molecule has 1 atom stereocenters. The highest BCUT2D eigenvalue weighted by molar-refractivity contribution is 5.94. The van der Waals surface area contributed by atoms with Gasteiger partial charge >= 0.3 is 5.97 Å². The van der Waals surface area contributed by atoms with E-state index in [2.05, 4.69) is 4.98 Å². The summed E-state index contributed by atoms with van der Waals surface area (Å²) in [7, 11) is 0. The van der Waals surface area contributed by atoms with Crippen LogP contribution >= 0.6 is 0 Å². The molecule has 0 fully saturated rings. The summed E-state index contributed by atoms with van der Waals surface area (Å²) >= 11 is 0. The Kier molecular flexibility index (Phi) is 3.00. The Morgan fingerprint density at radius 3 is 2.90 bits per heavy atom. The zero-order chi connectivity index (χ0) is 19.9. The molecule has 0 amide bonds. The number of oxazole rings is 1. The molecule has 0 radical (unpaired) electrons. The second kappa shape index (κ2) is 5.30. The van der Waals surface area contributed by atoms with E-state index in [1.807, 2.05) is 18.2 Å². The Hall–Kier alpha value is -3.52. The molecule has 1 N–H and O–H groups in total. The number of aliphatic hydroxyl groups is 1. The van der Waals surface area contributed by atoms with Crippen LogP contribution < -0.4 is 5.56 Å². The molecule has 8 heteroatoms. The summed E-state index contributed by atoms with van der Waals surface area (Å²) in [5.41, 5.74) is 2.77. The molecule has 1 aromatic carbocycles. The topological polar surface area (TPSA) is 107 Å². The van der Waals surface area contributed by atoms with Gasteiger partial charge in [0.2, 0.25) is 0 Å². The summed E-state index contributed by atoms with van der Waals surface area (Å²) in [5, 5.41) is 11.8. The number of fused-ring (bicyclic) bond motifs is 6. The third kappa shape index (κ3) is 2.01. The minimum absolute atomic E-state index is 0.114. The van der Waals surface area contributed by atoms with Gasteiger partial charge in [-0.05, 0) is 24.6 Å². The van der Waals surface area contributed by atoms with Crippen molar-refractivity contribution in [3.05, 3.63) is 57.7 Å². The number of rotatable bonds is 1. The molecule has 3 aromatic heterocycles. The van der Waals surface area contributed by atoms with Gasteiger partial charge in [-0.3, -0.25) is 4.79 Å². The van der Waals surface area contributed by atoms with Gasteiger partial charge in [-0.2, -0.15) is 0 Å². The molecule has 144 valence electrons. The van der Waals surface area contributed by atoms with E-state index in [1.165, 1.54) is 6.39 Å². The molecule has 0 unspecified atom stereocenters. The van der Waals surface area contributed by atoms with Crippen LogP contribution in [0.25, 0.3) is 33.4 Å². The van der Waals surface area contributed by atoms with Crippen LogP contribution in [-0.4, -0.2) is 25.6 Å². The molecular formula is C21H15N3O5. The maximum atomic E-state index is 13.1. The van der Waals surface area contributed by atoms with E-state index in [9.17, 15) is 14.7 Å². The largest absolute Gasteiger partial charge is 0.458 e. The molecule has 0 spiro atoms. The first-order valence-electron chi connectivity index (χ1n) is 9.33. The second-order valence-electron chi connectivity index (χ2n) is 7.46. The first kappa shape index (κ1) is 16.4. The standard InChI is InChI=1S/C21H15N3O5/c1-2-21(27)13-5-16-18-11(7-24(16)19(25)12(13)8-28-20(21)26)3-10-4-15-17(29-9-22-15)6-14(10)23-18/h3-6,9,27H,2,7-8H2,1H3/t21-/m0/s1. The predicted octanol–water partition coefficient (Wildman–Crippen LogP) is 2.22. The van der Waals surface area contributed by atoms with Crippen molar-refractivity contribution in [2.45, 2.75) is 32.1 Å². The van der Waals surface area contributed by atoms with E-state index < -0.39 is 11.6 Å². The molecule has 2 aliphatic rings. The fourth-order valence-electron chi connectivity index (χ4n) is 4.34. The lowest BCUT2D eigenvalue weighted by atomic mass is 9.86. The molecule has 2 aliphatic heterocycles. The first-order valence-corrected chi connectivity index (χ1v) is 9.33. The third-order valence-corrected chi connectivity index (χ3v) is 5.96. The van der Waals surface area contributed by atoms with Crippen LogP contribution in [0.1, 0.15) is 30.0 Å². The average molecular weight is 389 g/mol. The lowest BCUT2D eigenvalue weighted by Gasteiger charge is -2.31. The van der Waals surface area contributed by atoms with Crippen LogP contribution in [0.15, 0.2) is 39.9 Å². The van der Waals surface area contributed by atoms with Gasteiger partial charge in [-0.15, -0.1) is 0 Å². The first-order chi connectivity index (χ1) is 14.0. The highest BCUT2D eigenvalue weighted by Crippen LogP contribution is 2.38. The number of carbonyl (C=O) groups excluding carboxylic acids is 1. The van der Waals surface area contributed by atoms with Gasteiger partial charge in [0.25, 0.3) is 5.56 Å². The van der Waals surface area contributed by atoms with Crippen molar-refractivity contribution in [1.82, 2.24) is 14.5 Å². The van der Waals surface area contributed by atoms with Gasteiger partial charge in [0.05, 0.1) is 29.0 Å². The third-order valence-electron chi connectivity index (χ3n) is 5.96. The number of hydrogen-bond donors (Lipinski definition) is 1. The Balaban J connectivity index is 1.63. The van der Waals surface area contributed by atoms with Crippen molar-refractivity contribution in [3.63, 3.8) is 0 Å². The summed E-state index contributed by atoms with van der Waals surface area (Å²) in [4.78, 5) is 34.3. The number of esters is 1. The van der Waals surface area contributed by atoms with Gasteiger partial charge in [-0.25, -0.2) is 14.8 Å². The highest BCUT2D eigenvalue weighted by atomic mass is 16.6. The lowest BCUT2D eigenvalue weighted by molar-refractivity contribution is -0.172. The van der Waals surface area contributed by atoms with Crippen molar-refractivity contribution >= 4 is 28.0 Å². The molecule has 0 bridgehead atoms. The fraction of sp³-hybridized carbons (Fsp3) is 0.238. The quantitative estimate of drug-likeness (QED) is 0.438. The van der Waals surface area contributed by atoms with E-state index in [1.54, 1.807) is 17.6 Å². The minimum Gasteiger partial charge on any atom is -0.458 e. The van der Waals surface area contributed by atoms with E-state index in [4.69, 9.17) is 14.1 Å². The molecule has 8 nitrogen and oxygen atoms in total. The highest BCUT2D eigenvalue weighted by Gasteiger charge is 2.45. The summed E-state index contributed by atoms with van der Waals surface area (Å²) < 4.78 is 12.1. The Morgan fingerprint density at radius 2 is 2.07 bits per heavy atom. The number of nitrogens with zero attached hydrogens (tertiary/aromatic N) is 3. The number of pyridine rings is 2. The smallest absolute Gasteiger partial charge is 0.343 e. The summed E-state index contributed by atoms with van der Waals surface area (Å²) in [6, 6.07) is 7.42. The fourth-order valence-corrected chi connectivity index (χ4v) is 4.34. The molecule has 0 aliphatic carbocycles. The number of ether oxygens (including phenoxy) is 1. The Morgan fingerprint density at radius 1 is 1.21 bits per heavy atom. The number of aromatic nitrogens is 3. The van der Waals surface area contributed by atoms with E-state index in [-0.39, 0.29) is 18.6 Å². The van der Waals surface area contributed by atoms with Crippen molar-refractivity contribution < 1.29 is 19.1 Å². The minimum atomic E-state index is -1.83. The van der Waals surface area contributed by atoms with Crippen LogP contribution in [0.5, 0.6) is 0 Å². The molecule has 4 aromatic rings. The van der Waals surface area contributed by atoms with Crippen LogP contribution in [0.3, 0.4) is 0 Å². The second-order valence-corrected chi connectivity index (χ2v) is 7.46. The average Bonchev–Trinajstić information content (AvgIpc) is 3.32. The molecule has 0 saturated carbocycles. The van der Waals surface area contributed by atoms with Gasteiger partial charge < -0.3 is 18.8 Å². The number of cyclic esters (lactones) is 1. The monoisotopic (exact) mass is 389 g/mol. The van der Waals surface area contributed by atoms with Gasteiger partial charge in [0, 0.05) is 22.6 Å². The summed E-state index contributed by atoms with van der Waals surface area (Å²) in [6.07, 6.45) is 1.51. The molecule has 29 heavy (non-hydrogen) atoms. The van der Waals surface area contributed by atoms with Crippen molar-refractivity contribution in [1.29, 1.82) is 0 Å². The van der Waals surface area contributed by atoms with Gasteiger partial charge in [0.1, 0.15) is 12.1 Å². The van der Waals surface area contributed by atoms with Gasteiger partial charge in [0.15, 0.2) is 17.6 Å². The maximum absolute atomic E-state index is 13.1. The molecule has 6 rings (SSSR count). The van der Waals surface area contributed by atoms with Crippen molar-refractivity contribution in [2.75, 3.05) is 0 Å². The lowest BCUT2D eigenvalue weighted by Crippen LogP contribution is -2.44. The van der Waals surface area contributed by atoms with Crippen LogP contribution in [0, 0.1) is 0 Å². The molecule has 5 heterocycles. The van der Waals surface area contributed by atoms with E-state index >= 15 is 0 Å². The molecule has 0 saturated heterocycles. The van der Waals surface area contributed by atoms with Crippen molar-refractivity contribution in [3.8, 4) is 11.4 Å². The van der Waals surface area contributed by atoms with E-state index in [0.717, 1.165) is 22.0 Å². The number of hydrogen-bond acceptors (Lipinski definition) is 7. The van der Waals surface area contributed by atoms with Gasteiger partial charge in [-0.1, -0.05) is 6.92 Å². The number of benzene rings is 1. The summed E-state index contributed by atoms with van der Waals surface area (Å²) in [5.74, 6) is -0.728. The SMILES string of the molecule is CC[C@@]1(O)C(=O)OCc2c1cc1n(c2=O)Cc2cc3cc4ncoc4cc3nc2-1. The van der Waals surface area contributed by atoms with Crippen LogP contribution in [0.4, 0.5) is 0 Å². The maximum Gasteiger partial charge on any atom is 0.343 e.